The minimum Gasteiger partial charge on any atom is -0.324 e. The van der Waals surface area contributed by atoms with Crippen molar-refractivity contribution in [3.63, 3.8) is 0 Å². The summed E-state index contributed by atoms with van der Waals surface area (Å²) in [6.45, 7) is 0. The van der Waals surface area contributed by atoms with E-state index in [0.29, 0.717) is 0 Å². The van der Waals surface area contributed by atoms with Crippen molar-refractivity contribution in [2.24, 2.45) is 0 Å². The van der Waals surface area contributed by atoms with Gasteiger partial charge in [0.05, 0.1) is 0 Å². The Bertz CT molecular complexity index is 524. The van der Waals surface area contributed by atoms with Gasteiger partial charge < -0.3 is 39.1 Å². The van der Waals surface area contributed by atoms with Crippen LogP contribution >= 0.6 is 30.4 Å². The van der Waals surface area contributed by atoms with E-state index in [1.807, 2.05) is 0 Å². The Balaban J connectivity index is 5.47. The van der Waals surface area contributed by atoms with Gasteiger partial charge in [-0.3, -0.25) is 18.3 Å². The molecule has 0 fully saturated rings. The smallest absolute Gasteiger partial charge is 0.324 e. The maximum atomic E-state index is 11.6. The van der Waals surface area contributed by atoms with Gasteiger partial charge in [-0.05, 0) is 25.7 Å². The van der Waals surface area contributed by atoms with Gasteiger partial charge >= 0.3 is 30.4 Å². The van der Waals surface area contributed by atoms with E-state index < -0.39 is 73.3 Å². The van der Waals surface area contributed by atoms with E-state index in [1.54, 1.807) is 0 Å². The second-order valence-electron chi connectivity index (χ2n) is 5.05. The lowest BCUT2D eigenvalue weighted by Gasteiger charge is -2.34. The molecule has 0 amide bonds. The van der Waals surface area contributed by atoms with E-state index in [0.717, 1.165) is 0 Å². The minimum atomic E-state index is -5.46. The molecule has 0 spiro atoms. The van der Waals surface area contributed by atoms with Crippen LogP contribution in [0.25, 0.3) is 0 Å². The summed E-state index contributed by atoms with van der Waals surface area (Å²) in [4.78, 5) is 69.4. The van der Waals surface area contributed by atoms with Crippen molar-refractivity contribution in [3.05, 3.63) is 0 Å². The molecule has 0 aliphatic carbocycles. The predicted octanol–water partition coefficient (Wildman–Crippen LogP) is -0.0461. The summed E-state index contributed by atoms with van der Waals surface area (Å²) >= 11 is 0. The molecule has 0 saturated carbocycles. The highest BCUT2D eigenvalue weighted by Crippen LogP contribution is 2.73. The third kappa shape index (κ3) is 8.01. The second kappa shape index (κ2) is 7.87. The molecule has 0 heterocycles. The number of hydrogen-bond acceptors (Lipinski definition) is 4. The van der Waals surface area contributed by atoms with Gasteiger partial charge in [0.2, 0.25) is 0 Å². The average molecular weight is 420 g/mol. The van der Waals surface area contributed by atoms with Gasteiger partial charge in [-0.25, -0.2) is 0 Å². The fraction of sp³-hybridized carbons (Fsp3) is 1.00. The highest BCUT2D eigenvalue weighted by molar-refractivity contribution is 7.72. The molecular formula is C7H20O12P4. The van der Waals surface area contributed by atoms with Crippen LogP contribution in [-0.2, 0) is 18.3 Å². The van der Waals surface area contributed by atoms with Crippen LogP contribution in [-0.4, -0.2) is 56.4 Å². The normalized spacial score (nSPS) is 15.0. The Morgan fingerprint density at radius 2 is 0.826 bits per heavy atom. The lowest BCUT2D eigenvalue weighted by Crippen LogP contribution is -2.30. The minimum absolute atomic E-state index is 0.587. The summed E-state index contributed by atoms with van der Waals surface area (Å²) in [6.07, 6.45) is -4.67. The van der Waals surface area contributed by atoms with Crippen molar-refractivity contribution in [2.75, 3.05) is 12.3 Å². The van der Waals surface area contributed by atoms with Gasteiger partial charge in [-0.1, -0.05) is 0 Å². The first-order chi connectivity index (χ1) is 9.91. The summed E-state index contributed by atoms with van der Waals surface area (Å²) < 4.78 is 44.8. The molecule has 0 bridgehead atoms. The molecule has 0 aliphatic heterocycles. The van der Waals surface area contributed by atoms with Gasteiger partial charge in [-0.15, -0.1) is 0 Å². The molecule has 23 heavy (non-hydrogen) atoms. The van der Waals surface area contributed by atoms with Crippen molar-refractivity contribution in [2.45, 2.75) is 30.6 Å². The Morgan fingerprint density at radius 3 is 1.00 bits per heavy atom. The summed E-state index contributed by atoms with van der Waals surface area (Å²) in [6, 6.07) is 0. The molecule has 0 aromatic rings. The Labute approximate surface area is 131 Å². The standard InChI is InChI=1S/C7H20O12P4/c8-20(9,10)5-1-3-7(22(14,15)16,23(17,18)19)4-2-6-21(11,12)13/h1-6H2,(H2,8,9,10)(H2,11,12,13)(H2,14,15,16)(H2,17,18,19). The third-order valence-electron chi connectivity index (χ3n) is 3.14. The highest BCUT2D eigenvalue weighted by atomic mass is 31.2. The number of rotatable bonds is 10. The maximum absolute atomic E-state index is 11.6. The van der Waals surface area contributed by atoms with Crippen molar-refractivity contribution in [1.82, 2.24) is 0 Å². The largest absolute Gasteiger partial charge is 0.343 e. The molecule has 12 nitrogen and oxygen atoms in total. The molecule has 140 valence electrons. The van der Waals surface area contributed by atoms with Crippen LogP contribution < -0.4 is 0 Å². The zero-order chi connectivity index (χ0) is 18.7. The molecule has 0 aliphatic rings. The van der Waals surface area contributed by atoms with Crippen LogP contribution in [0.3, 0.4) is 0 Å². The molecule has 0 aromatic heterocycles. The van der Waals surface area contributed by atoms with Crippen LogP contribution in [0.4, 0.5) is 0 Å². The SMILES string of the molecule is O=P(O)(O)CCCC(CCCP(=O)(O)O)(P(=O)(O)O)P(=O)(O)O. The molecule has 8 N–H and O–H groups in total. The van der Waals surface area contributed by atoms with E-state index in [9.17, 15) is 37.8 Å². The fourth-order valence-corrected chi connectivity index (χ4v) is 6.31. The first-order valence-corrected chi connectivity index (χ1v) is 12.9. The molecule has 16 heteroatoms. The van der Waals surface area contributed by atoms with Gasteiger partial charge in [0.1, 0.15) is 0 Å². The van der Waals surface area contributed by atoms with Crippen molar-refractivity contribution in [1.29, 1.82) is 0 Å². The Morgan fingerprint density at radius 1 is 0.565 bits per heavy atom. The first-order valence-electron chi connectivity index (χ1n) is 6.12. The maximum Gasteiger partial charge on any atom is 0.343 e. The molecule has 0 aromatic carbocycles. The van der Waals surface area contributed by atoms with Crippen molar-refractivity contribution >= 4 is 30.4 Å². The lowest BCUT2D eigenvalue weighted by atomic mass is 10.1. The topological polar surface area (TPSA) is 230 Å². The quantitative estimate of drug-likeness (QED) is 0.218. The Hall–Kier alpha value is 0.600. The van der Waals surface area contributed by atoms with Gasteiger partial charge in [0, 0.05) is 12.3 Å². The first kappa shape index (κ1) is 23.6. The Kier molecular flexibility index (Phi) is 8.08. The number of hydrogen-bond donors (Lipinski definition) is 8. The van der Waals surface area contributed by atoms with Crippen LogP contribution in [0.5, 0.6) is 0 Å². The van der Waals surface area contributed by atoms with E-state index in [4.69, 9.17) is 19.6 Å². The predicted molar refractivity (Wildman–Crippen MR) is 79.1 cm³/mol. The lowest BCUT2D eigenvalue weighted by molar-refractivity contribution is 0.289. The van der Waals surface area contributed by atoms with Gasteiger partial charge in [0.15, 0.2) is 4.90 Å². The molecule has 0 radical (unpaired) electrons. The molecule has 0 atom stereocenters. The summed E-state index contributed by atoms with van der Waals surface area (Å²) in [5.41, 5.74) is 0. The van der Waals surface area contributed by atoms with Gasteiger partial charge in [0.25, 0.3) is 0 Å². The van der Waals surface area contributed by atoms with Crippen LogP contribution in [0.2, 0.25) is 0 Å². The van der Waals surface area contributed by atoms with E-state index in [-0.39, 0.29) is 0 Å². The molecule has 0 unspecified atom stereocenters. The second-order valence-corrected chi connectivity index (χ2v) is 12.8. The molecular weight excluding hydrogens is 400 g/mol. The van der Waals surface area contributed by atoms with Crippen LogP contribution in [0, 0.1) is 0 Å². The van der Waals surface area contributed by atoms with Crippen LogP contribution in [0.15, 0.2) is 0 Å². The average Bonchev–Trinajstić information content (AvgIpc) is 2.19. The van der Waals surface area contributed by atoms with Crippen molar-refractivity contribution in [3.8, 4) is 0 Å². The molecule has 0 rings (SSSR count). The van der Waals surface area contributed by atoms with Crippen molar-refractivity contribution < 1.29 is 57.4 Å². The van der Waals surface area contributed by atoms with E-state index >= 15 is 0 Å². The fourth-order valence-electron chi connectivity index (χ4n) is 2.01. The summed E-state index contributed by atoms with van der Waals surface area (Å²) in [7, 11) is -20.0. The third-order valence-corrected chi connectivity index (χ3v) is 9.56. The van der Waals surface area contributed by atoms with Gasteiger partial charge in [-0.2, -0.15) is 0 Å². The summed E-state index contributed by atoms with van der Waals surface area (Å²) in [5, 5.41) is 0. The van der Waals surface area contributed by atoms with E-state index in [1.165, 1.54) is 0 Å². The zero-order valence-corrected chi connectivity index (χ0v) is 15.3. The van der Waals surface area contributed by atoms with Crippen LogP contribution in [0.1, 0.15) is 25.7 Å². The molecule has 0 saturated heterocycles. The highest BCUT2D eigenvalue weighted by Gasteiger charge is 2.59. The monoisotopic (exact) mass is 420 g/mol. The zero-order valence-electron chi connectivity index (χ0n) is 11.7. The summed E-state index contributed by atoms with van der Waals surface area (Å²) in [5.74, 6) is 0. The van der Waals surface area contributed by atoms with E-state index in [2.05, 4.69) is 0 Å².